The van der Waals surface area contributed by atoms with Crippen LogP contribution < -0.4 is 10.6 Å². The SMILES string of the molecule is Cc1ccc(C(CC(=O)O)NC(=O)c2ccn3c(NC4CCCCC4)c(-c4ccc(F)cc4)nc3c2)cc1. The first-order valence-corrected chi connectivity index (χ1v) is 13.0. The number of anilines is 1. The minimum absolute atomic E-state index is 0.232. The molecule has 0 bridgehead atoms. The largest absolute Gasteiger partial charge is 0.481 e. The minimum atomic E-state index is -0.998. The van der Waals surface area contributed by atoms with Gasteiger partial charge in [-0.25, -0.2) is 9.37 Å². The predicted molar refractivity (Wildman–Crippen MR) is 145 cm³/mol. The van der Waals surface area contributed by atoms with E-state index < -0.39 is 12.0 Å². The van der Waals surface area contributed by atoms with Crippen LogP contribution in [0, 0.1) is 12.7 Å². The molecule has 0 spiro atoms. The zero-order valence-electron chi connectivity index (χ0n) is 21.3. The van der Waals surface area contributed by atoms with E-state index in [9.17, 15) is 19.1 Å². The lowest BCUT2D eigenvalue weighted by Crippen LogP contribution is -2.30. The lowest BCUT2D eigenvalue weighted by atomic mass is 9.95. The van der Waals surface area contributed by atoms with Gasteiger partial charge in [-0.15, -0.1) is 0 Å². The van der Waals surface area contributed by atoms with Gasteiger partial charge in [0.2, 0.25) is 0 Å². The van der Waals surface area contributed by atoms with Crippen LogP contribution in [0.1, 0.15) is 66.1 Å². The van der Waals surface area contributed by atoms with Crippen molar-refractivity contribution >= 4 is 23.3 Å². The summed E-state index contributed by atoms with van der Waals surface area (Å²) in [5, 5.41) is 16.0. The topological polar surface area (TPSA) is 95.7 Å². The van der Waals surface area contributed by atoms with E-state index in [2.05, 4.69) is 10.6 Å². The van der Waals surface area contributed by atoms with Gasteiger partial charge in [0.05, 0.1) is 12.5 Å². The maximum Gasteiger partial charge on any atom is 0.305 e. The number of aromatic nitrogens is 2. The van der Waals surface area contributed by atoms with E-state index in [-0.39, 0.29) is 18.1 Å². The summed E-state index contributed by atoms with van der Waals surface area (Å²) in [6.45, 7) is 1.95. The molecule has 8 heteroatoms. The zero-order chi connectivity index (χ0) is 26.6. The number of pyridine rings is 1. The number of carbonyl (C=O) groups excluding carboxylic acids is 1. The molecule has 1 saturated carbocycles. The number of nitrogens with zero attached hydrogens (tertiary/aromatic N) is 2. The van der Waals surface area contributed by atoms with Gasteiger partial charge in [-0.05, 0) is 61.7 Å². The van der Waals surface area contributed by atoms with Gasteiger partial charge in [0.15, 0.2) is 0 Å². The lowest BCUT2D eigenvalue weighted by molar-refractivity contribution is -0.137. The molecule has 2 aromatic heterocycles. The number of carboxylic acid groups (broad SMARTS) is 1. The number of amides is 1. The number of benzene rings is 2. The maximum absolute atomic E-state index is 13.6. The highest BCUT2D eigenvalue weighted by molar-refractivity contribution is 5.96. The van der Waals surface area contributed by atoms with Crippen LogP contribution in [0.3, 0.4) is 0 Å². The number of aliphatic carboxylic acids is 1. The molecule has 1 aliphatic carbocycles. The Morgan fingerprint density at radius 1 is 1.05 bits per heavy atom. The molecule has 0 aliphatic heterocycles. The highest BCUT2D eigenvalue weighted by Crippen LogP contribution is 2.32. The van der Waals surface area contributed by atoms with Gasteiger partial charge < -0.3 is 15.7 Å². The first-order valence-electron chi connectivity index (χ1n) is 13.0. The van der Waals surface area contributed by atoms with Gasteiger partial charge in [0.25, 0.3) is 5.91 Å². The summed E-state index contributed by atoms with van der Waals surface area (Å²) in [5.41, 5.74) is 4.19. The third-order valence-corrected chi connectivity index (χ3v) is 7.12. The van der Waals surface area contributed by atoms with Gasteiger partial charge in [0, 0.05) is 23.4 Å². The molecule has 1 atom stereocenters. The van der Waals surface area contributed by atoms with Crippen molar-refractivity contribution in [1.29, 1.82) is 0 Å². The quantitative estimate of drug-likeness (QED) is 0.263. The van der Waals surface area contributed by atoms with Gasteiger partial charge in [-0.3, -0.25) is 14.0 Å². The Hall–Kier alpha value is -4.20. The number of halogens is 1. The second-order valence-corrected chi connectivity index (χ2v) is 9.97. The van der Waals surface area contributed by atoms with Gasteiger partial charge in [0.1, 0.15) is 23.0 Å². The third-order valence-electron chi connectivity index (χ3n) is 7.12. The number of hydrogen-bond acceptors (Lipinski definition) is 4. The monoisotopic (exact) mass is 514 g/mol. The van der Waals surface area contributed by atoms with Gasteiger partial charge >= 0.3 is 5.97 Å². The van der Waals surface area contributed by atoms with E-state index in [4.69, 9.17) is 4.98 Å². The van der Waals surface area contributed by atoms with Gasteiger partial charge in [-0.2, -0.15) is 0 Å². The Labute approximate surface area is 220 Å². The summed E-state index contributed by atoms with van der Waals surface area (Å²) in [7, 11) is 0. The Morgan fingerprint density at radius 3 is 2.45 bits per heavy atom. The molecule has 1 fully saturated rings. The van der Waals surface area contributed by atoms with Gasteiger partial charge in [-0.1, -0.05) is 49.1 Å². The van der Waals surface area contributed by atoms with Crippen molar-refractivity contribution in [3.8, 4) is 11.3 Å². The normalized spacial score (nSPS) is 14.8. The molecule has 0 saturated heterocycles. The summed E-state index contributed by atoms with van der Waals surface area (Å²) >= 11 is 0. The number of rotatable bonds is 8. The molecule has 3 N–H and O–H groups in total. The summed E-state index contributed by atoms with van der Waals surface area (Å²) in [6, 6.07) is 16.7. The molecule has 4 aromatic rings. The number of fused-ring (bicyclic) bond motifs is 1. The number of aryl methyl sites for hydroxylation is 1. The van der Waals surface area contributed by atoms with E-state index in [1.54, 1.807) is 30.5 Å². The van der Waals surface area contributed by atoms with Crippen LogP contribution in [-0.2, 0) is 4.79 Å². The number of imidazole rings is 1. The molecule has 1 amide bonds. The van der Waals surface area contributed by atoms with Crippen molar-refractivity contribution in [2.24, 2.45) is 0 Å². The van der Waals surface area contributed by atoms with E-state index >= 15 is 0 Å². The summed E-state index contributed by atoms with van der Waals surface area (Å²) < 4.78 is 15.5. The first-order chi connectivity index (χ1) is 18.4. The van der Waals surface area contributed by atoms with Crippen molar-refractivity contribution in [2.45, 2.75) is 57.5 Å². The fourth-order valence-electron chi connectivity index (χ4n) is 5.04. The molecule has 1 aliphatic rings. The van der Waals surface area contributed by atoms with Crippen molar-refractivity contribution in [1.82, 2.24) is 14.7 Å². The molecular weight excluding hydrogens is 483 g/mol. The van der Waals surface area contributed by atoms with Crippen LogP contribution in [0.25, 0.3) is 16.9 Å². The average Bonchev–Trinajstić information content (AvgIpc) is 3.27. The number of carbonyl (C=O) groups is 2. The van der Waals surface area contributed by atoms with Crippen molar-refractivity contribution in [3.05, 3.63) is 89.4 Å². The van der Waals surface area contributed by atoms with E-state index in [1.165, 1.54) is 31.4 Å². The molecule has 7 nitrogen and oxygen atoms in total. The molecule has 38 heavy (non-hydrogen) atoms. The van der Waals surface area contributed by atoms with Crippen LogP contribution in [0.15, 0.2) is 66.9 Å². The van der Waals surface area contributed by atoms with Crippen molar-refractivity contribution in [2.75, 3.05) is 5.32 Å². The number of carboxylic acids is 1. The van der Waals surface area contributed by atoms with Crippen LogP contribution >= 0.6 is 0 Å². The van der Waals surface area contributed by atoms with Crippen molar-refractivity contribution in [3.63, 3.8) is 0 Å². The Morgan fingerprint density at radius 2 is 1.76 bits per heavy atom. The second kappa shape index (κ2) is 11.0. The van der Waals surface area contributed by atoms with Crippen LogP contribution in [-0.4, -0.2) is 32.4 Å². The van der Waals surface area contributed by atoms with Crippen molar-refractivity contribution < 1.29 is 19.1 Å². The average molecular weight is 515 g/mol. The molecule has 196 valence electrons. The standard InChI is InChI=1S/C30H31FN4O3/c1-19-7-9-20(10-8-19)25(18-27(36)37)33-30(38)22-15-16-35-26(17-22)34-28(21-11-13-23(31)14-12-21)29(35)32-24-5-3-2-4-6-24/h7-17,24-25,32H,2-6,18H2,1H3,(H,33,38)(H,36,37). The summed E-state index contributed by atoms with van der Waals surface area (Å²) in [4.78, 5) is 29.6. The fourth-order valence-corrected chi connectivity index (χ4v) is 5.04. The Kier molecular flexibility index (Phi) is 7.40. The Balaban J connectivity index is 1.47. The smallest absolute Gasteiger partial charge is 0.305 e. The molecule has 5 rings (SSSR count). The second-order valence-electron chi connectivity index (χ2n) is 9.97. The Bertz CT molecular complexity index is 1440. The molecule has 2 aromatic carbocycles. The number of nitrogens with one attached hydrogen (secondary N) is 2. The van der Waals surface area contributed by atoms with Crippen LogP contribution in [0.5, 0.6) is 0 Å². The summed E-state index contributed by atoms with van der Waals surface area (Å²) in [5.74, 6) is -0.883. The first kappa shape index (κ1) is 25.4. The lowest BCUT2D eigenvalue weighted by Gasteiger charge is -2.24. The minimum Gasteiger partial charge on any atom is -0.481 e. The maximum atomic E-state index is 13.6. The van der Waals surface area contributed by atoms with Crippen LogP contribution in [0.4, 0.5) is 10.2 Å². The highest BCUT2D eigenvalue weighted by atomic mass is 19.1. The molecule has 2 heterocycles. The fraction of sp³-hybridized carbons (Fsp3) is 0.300. The molecule has 1 unspecified atom stereocenters. The zero-order valence-corrected chi connectivity index (χ0v) is 21.3. The molecule has 0 radical (unpaired) electrons. The molecular formula is C30H31FN4O3. The third kappa shape index (κ3) is 5.69. The predicted octanol–water partition coefficient (Wildman–Crippen LogP) is 6.14. The van der Waals surface area contributed by atoms with E-state index in [0.717, 1.165) is 35.3 Å². The summed E-state index contributed by atoms with van der Waals surface area (Å²) in [6.07, 6.45) is 7.28. The van der Waals surface area contributed by atoms with Crippen LogP contribution in [0.2, 0.25) is 0 Å². The highest BCUT2D eigenvalue weighted by Gasteiger charge is 2.22. The van der Waals surface area contributed by atoms with E-state index in [0.29, 0.717) is 22.9 Å². The number of hydrogen-bond donors (Lipinski definition) is 3. The van der Waals surface area contributed by atoms with E-state index in [1.807, 2.05) is 35.6 Å².